The molecule has 0 aliphatic heterocycles. The topological polar surface area (TPSA) is 61.7 Å². The summed E-state index contributed by atoms with van der Waals surface area (Å²) >= 11 is 0. The van der Waals surface area contributed by atoms with E-state index in [4.69, 9.17) is 19.4 Å². The third kappa shape index (κ3) is 6.92. The Bertz CT molecular complexity index is 4630. The minimum absolute atomic E-state index is 0.574. The van der Waals surface area contributed by atoms with Gasteiger partial charge in [0.25, 0.3) is 0 Å². The average molecular weight is 958 g/mol. The molecule has 11 aromatic carbocycles. The van der Waals surface area contributed by atoms with Crippen molar-refractivity contribution in [1.82, 2.24) is 24.1 Å². The first-order valence-corrected chi connectivity index (χ1v) is 25.3. The Kier molecular flexibility index (Phi) is 9.78. The molecule has 15 aromatic rings. The van der Waals surface area contributed by atoms with Gasteiger partial charge >= 0.3 is 0 Å². The fraction of sp³-hybridized carbons (Fsp3) is 0. The predicted molar refractivity (Wildman–Crippen MR) is 308 cm³/mol. The lowest BCUT2D eigenvalue weighted by molar-refractivity contribution is 0.670. The van der Waals surface area contributed by atoms with Crippen LogP contribution < -0.4 is 0 Å². The number of para-hydroxylation sites is 5. The summed E-state index contributed by atoms with van der Waals surface area (Å²) in [5, 5.41) is 6.80. The summed E-state index contributed by atoms with van der Waals surface area (Å²) in [5.41, 5.74) is 17.3. The molecule has 0 radical (unpaired) electrons. The van der Waals surface area contributed by atoms with Crippen molar-refractivity contribution in [1.29, 1.82) is 0 Å². The van der Waals surface area contributed by atoms with Crippen LogP contribution in [0, 0.1) is 0 Å². The minimum atomic E-state index is 0.574. The summed E-state index contributed by atoms with van der Waals surface area (Å²) in [7, 11) is 0. The third-order valence-electron chi connectivity index (χ3n) is 14.8. The van der Waals surface area contributed by atoms with E-state index in [1.165, 1.54) is 10.8 Å². The Morgan fingerprint density at radius 3 is 1.49 bits per heavy atom. The van der Waals surface area contributed by atoms with E-state index in [0.29, 0.717) is 17.5 Å². The van der Waals surface area contributed by atoms with Crippen molar-refractivity contribution in [2.75, 3.05) is 0 Å². The molecule has 350 valence electrons. The van der Waals surface area contributed by atoms with Gasteiger partial charge in [0, 0.05) is 60.3 Å². The number of rotatable bonds is 8. The van der Waals surface area contributed by atoms with Crippen LogP contribution in [0.2, 0.25) is 0 Å². The molecule has 0 atom stereocenters. The van der Waals surface area contributed by atoms with Crippen molar-refractivity contribution in [3.63, 3.8) is 0 Å². The van der Waals surface area contributed by atoms with Gasteiger partial charge in [0.1, 0.15) is 11.2 Å². The van der Waals surface area contributed by atoms with Crippen molar-refractivity contribution < 1.29 is 4.42 Å². The second-order valence-corrected chi connectivity index (χ2v) is 19.1. The number of hydrogen-bond donors (Lipinski definition) is 0. The van der Waals surface area contributed by atoms with Gasteiger partial charge in [-0.3, -0.25) is 0 Å². The summed E-state index contributed by atoms with van der Waals surface area (Å²) in [5.74, 6) is 1.78. The maximum absolute atomic E-state index is 6.85. The largest absolute Gasteiger partial charge is 0.455 e. The highest BCUT2D eigenvalue weighted by Gasteiger charge is 2.26. The van der Waals surface area contributed by atoms with Crippen LogP contribution in [0.25, 0.3) is 144 Å². The summed E-state index contributed by atoms with van der Waals surface area (Å²) in [4.78, 5) is 15.8. The van der Waals surface area contributed by atoms with Gasteiger partial charge in [-0.1, -0.05) is 200 Å². The Hall–Kier alpha value is -10.2. The number of aromatic nitrogens is 5. The molecule has 6 heteroatoms. The van der Waals surface area contributed by atoms with Gasteiger partial charge in [0.05, 0.1) is 27.8 Å². The van der Waals surface area contributed by atoms with Crippen LogP contribution >= 0.6 is 0 Å². The van der Waals surface area contributed by atoms with Gasteiger partial charge in [-0.05, 0) is 88.5 Å². The lowest BCUT2D eigenvalue weighted by Gasteiger charge is -2.17. The first-order chi connectivity index (χ1) is 37.2. The molecule has 0 amide bonds. The van der Waals surface area contributed by atoms with E-state index >= 15 is 0 Å². The Labute approximate surface area is 431 Å². The first kappa shape index (κ1) is 42.5. The number of furan rings is 1. The average Bonchev–Trinajstić information content (AvgIpc) is 4.19. The maximum atomic E-state index is 6.85. The highest BCUT2D eigenvalue weighted by atomic mass is 16.3. The van der Waals surface area contributed by atoms with Gasteiger partial charge in [-0.15, -0.1) is 0 Å². The number of benzene rings is 11. The highest BCUT2D eigenvalue weighted by molar-refractivity contribution is 6.23. The van der Waals surface area contributed by atoms with Crippen LogP contribution in [0.3, 0.4) is 0 Å². The molecule has 4 aromatic heterocycles. The second-order valence-electron chi connectivity index (χ2n) is 19.1. The molecule has 0 aliphatic carbocycles. The molecule has 0 aliphatic rings. The van der Waals surface area contributed by atoms with Crippen LogP contribution in [-0.4, -0.2) is 24.1 Å². The third-order valence-corrected chi connectivity index (χ3v) is 14.8. The quantitative estimate of drug-likeness (QED) is 0.152. The van der Waals surface area contributed by atoms with E-state index in [-0.39, 0.29) is 0 Å². The van der Waals surface area contributed by atoms with Crippen molar-refractivity contribution in [3.8, 4) is 78.9 Å². The van der Waals surface area contributed by atoms with Crippen LogP contribution in [-0.2, 0) is 0 Å². The smallest absolute Gasteiger partial charge is 0.166 e. The molecule has 4 heterocycles. The van der Waals surface area contributed by atoms with E-state index in [0.717, 1.165) is 116 Å². The Morgan fingerprint density at radius 2 is 0.800 bits per heavy atom. The molecule has 15 rings (SSSR count). The maximum Gasteiger partial charge on any atom is 0.166 e. The lowest BCUT2D eigenvalue weighted by Crippen LogP contribution is -2.04. The fourth-order valence-corrected chi connectivity index (χ4v) is 11.4. The minimum Gasteiger partial charge on any atom is -0.455 e. The van der Waals surface area contributed by atoms with E-state index in [1.807, 2.05) is 42.5 Å². The van der Waals surface area contributed by atoms with Crippen LogP contribution in [0.5, 0.6) is 0 Å². The van der Waals surface area contributed by atoms with E-state index in [1.54, 1.807) is 0 Å². The highest BCUT2D eigenvalue weighted by Crippen LogP contribution is 2.48. The predicted octanol–water partition coefficient (Wildman–Crippen LogP) is 18.0. The zero-order valence-corrected chi connectivity index (χ0v) is 40.5. The number of hydrogen-bond acceptors (Lipinski definition) is 4. The molecule has 0 saturated carbocycles. The summed E-state index contributed by atoms with van der Waals surface area (Å²) in [6, 6.07) is 92.4. The van der Waals surface area contributed by atoms with Crippen molar-refractivity contribution in [2.45, 2.75) is 0 Å². The SMILES string of the molecule is c1ccc(-c2ccc(-c3nc(-c4ccccc4)nc(-c4ccccc4)n3)c(-n3c4ccccc4c4c(-c5cccc6c5c5ccccc5n6-c5ccccc5)cc(-c5cccc6c5oc5ccccc56)cc43)c2)cc1. The van der Waals surface area contributed by atoms with Crippen molar-refractivity contribution in [2.24, 2.45) is 0 Å². The van der Waals surface area contributed by atoms with E-state index in [2.05, 4.69) is 228 Å². The van der Waals surface area contributed by atoms with Crippen LogP contribution in [0.15, 0.2) is 265 Å². The lowest BCUT2D eigenvalue weighted by atomic mass is 9.91. The molecule has 0 N–H and O–H groups in total. The molecule has 0 spiro atoms. The summed E-state index contributed by atoms with van der Waals surface area (Å²) in [6.45, 7) is 0. The van der Waals surface area contributed by atoms with Gasteiger partial charge < -0.3 is 13.6 Å². The molecular weight excluding hydrogens is 915 g/mol. The Balaban J connectivity index is 1.09. The monoisotopic (exact) mass is 957 g/mol. The molecule has 75 heavy (non-hydrogen) atoms. The normalized spacial score (nSPS) is 11.7. The van der Waals surface area contributed by atoms with Gasteiger partial charge in [0.2, 0.25) is 0 Å². The summed E-state index contributed by atoms with van der Waals surface area (Å²) in [6.07, 6.45) is 0. The zero-order chi connectivity index (χ0) is 49.4. The second kappa shape index (κ2) is 17.3. The molecular formula is C69H43N5O. The standard InChI is InChI=1S/C69H43N5O/c1-5-21-44(22-6-1)47-39-40-56(69-71-67(45-23-7-2-8-24-45)70-68(72-69)46-25-9-3-10-26-46)61(42-47)74-59-36-17-14-31-55(59)65-57(41-48(43-62(65)74)50-32-19-34-53-51-29-15-18-38-63(51)75-66(50)53)52-33-20-37-60-64(52)54-30-13-16-35-58(54)73(60)49-27-11-4-12-28-49/h1-43H. The van der Waals surface area contributed by atoms with Gasteiger partial charge in [0.15, 0.2) is 17.5 Å². The van der Waals surface area contributed by atoms with Crippen molar-refractivity contribution in [3.05, 3.63) is 261 Å². The van der Waals surface area contributed by atoms with E-state index < -0.39 is 0 Å². The zero-order valence-electron chi connectivity index (χ0n) is 40.5. The van der Waals surface area contributed by atoms with Crippen LogP contribution in [0.1, 0.15) is 0 Å². The summed E-state index contributed by atoms with van der Waals surface area (Å²) < 4.78 is 11.7. The molecule has 0 unspecified atom stereocenters. The van der Waals surface area contributed by atoms with Gasteiger partial charge in [-0.2, -0.15) is 0 Å². The molecule has 0 fully saturated rings. The molecule has 0 bridgehead atoms. The van der Waals surface area contributed by atoms with Crippen molar-refractivity contribution >= 4 is 65.6 Å². The number of fused-ring (bicyclic) bond motifs is 9. The molecule has 0 saturated heterocycles. The number of nitrogens with zero attached hydrogens (tertiary/aromatic N) is 5. The van der Waals surface area contributed by atoms with Gasteiger partial charge in [-0.25, -0.2) is 15.0 Å². The van der Waals surface area contributed by atoms with Crippen LogP contribution in [0.4, 0.5) is 0 Å². The van der Waals surface area contributed by atoms with E-state index in [9.17, 15) is 0 Å². The molecule has 6 nitrogen and oxygen atoms in total. The fourth-order valence-electron chi connectivity index (χ4n) is 11.4. The first-order valence-electron chi connectivity index (χ1n) is 25.3. The Morgan fingerprint density at radius 1 is 0.280 bits per heavy atom.